The van der Waals surface area contributed by atoms with E-state index in [1.165, 1.54) is 5.06 Å². The van der Waals surface area contributed by atoms with Gasteiger partial charge in [0, 0.05) is 5.39 Å². The van der Waals surface area contributed by atoms with Crippen molar-refractivity contribution in [3.05, 3.63) is 30.0 Å². The van der Waals surface area contributed by atoms with Crippen molar-refractivity contribution in [2.24, 2.45) is 0 Å². The van der Waals surface area contributed by atoms with E-state index in [1.54, 1.807) is 12.1 Å². The van der Waals surface area contributed by atoms with Crippen LogP contribution in [0.3, 0.4) is 0 Å². The summed E-state index contributed by atoms with van der Waals surface area (Å²) in [6, 6.07) is 7.39. The Kier molecular flexibility index (Phi) is 2.26. The van der Waals surface area contributed by atoms with Gasteiger partial charge in [0.2, 0.25) is 0 Å². The number of fused-ring (bicyclic) bond motifs is 1. The fraction of sp³-hybridized carbons (Fsp3) is 0.250. The number of rotatable bonds is 1. The molecule has 5 nitrogen and oxygen atoms in total. The minimum absolute atomic E-state index is 0.141. The Bertz CT molecular complexity index is 570. The summed E-state index contributed by atoms with van der Waals surface area (Å²) in [6.45, 7) is 1.25. The van der Waals surface area contributed by atoms with Crippen LogP contribution in [0.4, 0.5) is 5.69 Å². The van der Waals surface area contributed by atoms with Crippen LogP contribution in [0.1, 0.15) is 16.9 Å². The number of carbonyl (C=O) groups excluding carboxylic acids is 1. The van der Waals surface area contributed by atoms with E-state index in [-0.39, 0.29) is 5.91 Å². The van der Waals surface area contributed by atoms with Crippen LogP contribution in [0.25, 0.3) is 10.9 Å². The number of para-hydroxylation sites is 1. The molecule has 0 unspecified atom stereocenters. The number of benzene rings is 1. The van der Waals surface area contributed by atoms with Crippen LogP contribution in [-0.4, -0.2) is 29.1 Å². The Labute approximate surface area is 98.1 Å². The molecule has 2 heterocycles. The number of nitrogens with one attached hydrogen (secondary N) is 1. The summed E-state index contributed by atoms with van der Waals surface area (Å²) in [5.41, 5.74) is 7.79. The predicted octanol–water partition coefficient (Wildman–Crippen LogP) is 1.53. The summed E-state index contributed by atoms with van der Waals surface area (Å²) in [4.78, 5) is 20.3. The highest BCUT2D eigenvalue weighted by molar-refractivity contribution is 6.00. The Morgan fingerprint density at radius 1 is 1.47 bits per heavy atom. The second kappa shape index (κ2) is 3.78. The summed E-state index contributed by atoms with van der Waals surface area (Å²) in [5.74, 6) is -0.141. The van der Waals surface area contributed by atoms with Crippen molar-refractivity contribution in [1.82, 2.24) is 10.0 Å². The number of hydrogen-bond donors (Lipinski definition) is 2. The molecule has 0 atom stereocenters. The number of hydrogen-bond acceptors (Lipinski definition) is 3. The molecule has 0 radical (unpaired) electrons. The molecule has 0 saturated carbocycles. The Morgan fingerprint density at radius 3 is 3.06 bits per heavy atom. The van der Waals surface area contributed by atoms with Crippen LogP contribution in [0.15, 0.2) is 24.3 Å². The number of amides is 1. The van der Waals surface area contributed by atoms with Crippen molar-refractivity contribution in [2.75, 3.05) is 18.9 Å². The summed E-state index contributed by atoms with van der Waals surface area (Å²) in [6.07, 6.45) is 0.883. The van der Waals surface area contributed by atoms with Crippen LogP contribution in [-0.2, 0) is 4.84 Å². The molecule has 1 aromatic heterocycles. The third kappa shape index (κ3) is 1.64. The van der Waals surface area contributed by atoms with E-state index in [0.29, 0.717) is 24.5 Å². The molecular formula is C12H13N3O2. The molecular weight excluding hydrogens is 218 g/mol. The molecule has 1 aliphatic heterocycles. The first kappa shape index (κ1) is 10.2. The van der Waals surface area contributed by atoms with Crippen molar-refractivity contribution >= 4 is 22.5 Å². The Hall–Kier alpha value is -2.01. The molecule has 2 aromatic rings. The van der Waals surface area contributed by atoms with Crippen LogP contribution in [0.2, 0.25) is 0 Å². The monoisotopic (exact) mass is 231 g/mol. The van der Waals surface area contributed by atoms with Gasteiger partial charge in [-0.25, -0.2) is 5.06 Å². The van der Waals surface area contributed by atoms with Gasteiger partial charge < -0.3 is 10.7 Å². The summed E-state index contributed by atoms with van der Waals surface area (Å²) < 4.78 is 0. The molecule has 88 valence electrons. The molecule has 1 aliphatic rings. The highest BCUT2D eigenvalue weighted by Gasteiger charge is 2.22. The molecule has 0 bridgehead atoms. The lowest BCUT2D eigenvalue weighted by atomic mass is 10.2. The molecule has 17 heavy (non-hydrogen) atoms. The van der Waals surface area contributed by atoms with Gasteiger partial charge in [-0.3, -0.25) is 9.63 Å². The van der Waals surface area contributed by atoms with Crippen molar-refractivity contribution in [1.29, 1.82) is 0 Å². The summed E-state index contributed by atoms with van der Waals surface area (Å²) in [7, 11) is 0. The number of H-pyrrole nitrogens is 1. The SMILES string of the molecule is Nc1cccc2cc(C(=O)N3CCCO3)[nH]c12. The molecule has 3 rings (SSSR count). The van der Waals surface area contributed by atoms with E-state index >= 15 is 0 Å². The van der Waals surface area contributed by atoms with Crippen molar-refractivity contribution < 1.29 is 9.63 Å². The third-order valence-corrected chi connectivity index (χ3v) is 2.90. The largest absolute Gasteiger partial charge is 0.397 e. The van der Waals surface area contributed by atoms with E-state index in [2.05, 4.69) is 4.98 Å². The molecule has 1 amide bonds. The fourth-order valence-corrected chi connectivity index (χ4v) is 2.04. The number of nitrogens with zero attached hydrogens (tertiary/aromatic N) is 1. The van der Waals surface area contributed by atoms with E-state index in [4.69, 9.17) is 10.6 Å². The molecule has 1 fully saturated rings. The average molecular weight is 231 g/mol. The Morgan fingerprint density at radius 2 is 2.35 bits per heavy atom. The van der Waals surface area contributed by atoms with Crippen LogP contribution in [0, 0.1) is 0 Å². The number of aromatic amines is 1. The lowest BCUT2D eigenvalue weighted by molar-refractivity contribution is -0.0771. The van der Waals surface area contributed by atoms with Gasteiger partial charge in [0.1, 0.15) is 5.69 Å². The van der Waals surface area contributed by atoms with Crippen molar-refractivity contribution in [3.8, 4) is 0 Å². The van der Waals surface area contributed by atoms with Gasteiger partial charge in [-0.1, -0.05) is 12.1 Å². The van der Waals surface area contributed by atoms with E-state index < -0.39 is 0 Å². The fourth-order valence-electron chi connectivity index (χ4n) is 2.04. The molecule has 3 N–H and O–H groups in total. The van der Waals surface area contributed by atoms with E-state index in [0.717, 1.165) is 17.3 Å². The zero-order valence-electron chi connectivity index (χ0n) is 9.27. The molecule has 1 aromatic carbocycles. The predicted molar refractivity (Wildman–Crippen MR) is 64.3 cm³/mol. The topological polar surface area (TPSA) is 71.3 Å². The van der Waals surface area contributed by atoms with Crippen molar-refractivity contribution in [2.45, 2.75) is 6.42 Å². The second-order valence-electron chi connectivity index (χ2n) is 4.09. The molecule has 0 spiro atoms. The quantitative estimate of drug-likeness (QED) is 0.731. The number of hydroxylamine groups is 2. The smallest absolute Gasteiger partial charge is 0.293 e. The first-order valence-corrected chi connectivity index (χ1v) is 5.58. The number of nitrogen functional groups attached to an aromatic ring is 1. The molecule has 5 heteroatoms. The summed E-state index contributed by atoms with van der Waals surface area (Å²) in [5, 5.41) is 2.33. The lowest BCUT2D eigenvalue weighted by Gasteiger charge is -2.11. The van der Waals surface area contributed by atoms with E-state index in [9.17, 15) is 4.79 Å². The highest BCUT2D eigenvalue weighted by Crippen LogP contribution is 2.22. The maximum absolute atomic E-state index is 12.1. The second-order valence-corrected chi connectivity index (χ2v) is 4.09. The number of nitrogens with two attached hydrogens (primary N) is 1. The minimum atomic E-state index is -0.141. The standard InChI is InChI=1S/C12H13N3O2/c13-9-4-1-3-8-7-10(14-11(8)9)12(16)15-5-2-6-17-15/h1,3-4,7,14H,2,5-6,13H2. The molecule has 1 saturated heterocycles. The van der Waals surface area contributed by atoms with Gasteiger partial charge in [-0.2, -0.15) is 0 Å². The number of aromatic nitrogens is 1. The third-order valence-electron chi connectivity index (χ3n) is 2.90. The van der Waals surface area contributed by atoms with E-state index in [1.807, 2.05) is 12.1 Å². The maximum Gasteiger partial charge on any atom is 0.293 e. The number of anilines is 1. The Balaban J connectivity index is 2.00. The minimum Gasteiger partial charge on any atom is -0.397 e. The lowest BCUT2D eigenvalue weighted by Crippen LogP contribution is -2.26. The zero-order chi connectivity index (χ0) is 11.8. The zero-order valence-corrected chi connectivity index (χ0v) is 9.27. The van der Waals surface area contributed by atoms with Gasteiger partial charge in [0.25, 0.3) is 5.91 Å². The average Bonchev–Trinajstić information content (AvgIpc) is 2.98. The van der Waals surface area contributed by atoms with Gasteiger partial charge in [-0.15, -0.1) is 0 Å². The van der Waals surface area contributed by atoms with Gasteiger partial charge in [0.15, 0.2) is 0 Å². The first-order valence-electron chi connectivity index (χ1n) is 5.58. The van der Waals surface area contributed by atoms with Gasteiger partial charge in [-0.05, 0) is 18.6 Å². The highest BCUT2D eigenvalue weighted by atomic mass is 16.7. The van der Waals surface area contributed by atoms with Gasteiger partial charge >= 0.3 is 0 Å². The van der Waals surface area contributed by atoms with Crippen LogP contribution in [0.5, 0.6) is 0 Å². The van der Waals surface area contributed by atoms with Crippen LogP contribution >= 0.6 is 0 Å². The first-order chi connectivity index (χ1) is 8.25. The normalized spacial score (nSPS) is 15.6. The van der Waals surface area contributed by atoms with Gasteiger partial charge in [0.05, 0.1) is 24.4 Å². The van der Waals surface area contributed by atoms with Crippen molar-refractivity contribution in [3.63, 3.8) is 0 Å². The molecule has 0 aliphatic carbocycles. The number of carbonyl (C=O) groups is 1. The summed E-state index contributed by atoms with van der Waals surface area (Å²) >= 11 is 0. The van der Waals surface area contributed by atoms with Crippen LogP contribution < -0.4 is 5.73 Å². The maximum atomic E-state index is 12.1.